The summed E-state index contributed by atoms with van der Waals surface area (Å²) in [5.41, 5.74) is 0.865. The Kier molecular flexibility index (Phi) is 6.96. The van der Waals surface area contributed by atoms with Crippen molar-refractivity contribution in [3.8, 4) is 0 Å². The van der Waals surface area contributed by atoms with Crippen LogP contribution in [0, 0.1) is 22.7 Å². The van der Waals surface area contributed by atoms with Crippen molar-refractivity contribution in [1.29, 1.82) is 0 Å². The quantitative estimate of drug-likeness (QED) is 0.438. The van der Waals surface area contributed by atoms with E-state index < -0.39 is 35.8 Å². The topological polar surface area (TPSA) is 137 Å². The first-order valence-corrected chi connectivity index (χ1v) is 13.3. The molecule has 3 atom stereocenters. The molecule has 1 unspecified atom stereocenters. The molecule has 2 saturated heterocycles. The third kappa shape index (κ3) is 5.15. The van der Waals surface area contributed by atoms with Gasteiger partial charge in [0, 0.05) is 50.8 Å². The number of carbonyl (C=O) groups is 4. The molecule has 3 N–H and O–H groups in total. The summed E-state index contributed by atoms with van der Waals surface area (Å²) >= 11 is 0. The molecule has 2 aromatic rings. The number of aromatic nitrogens is 2. The smallest absolute Gasteiger partial charge is 0.257 e. The van der Waals surface area contributed by atoms with Crippen LogP contribution in [-0.2, 0) is 20.9 Å². The number of hydrogen-bond acceptors (Lipinski definition) is 6. The second-order valence-electron chi connectivity index (χ2n) is 11.8. The molecule has 0 radical (unpaired) electrons. The van der Waals surface area contributed by atoms with Crippen LogP contribution >= 0.6 is 0 Å². The predicted octanol–water partition coefficient (Wildman–Crippen LogP) is 0.101. The largest absolute Gasteiger partial charge is 0.394 e. The van der Waals surface area contributed by atoms with E-state index in [4.69, 9.17) is 0 Å². The molecule has 2 aliphatic heterocycles. The minimum absolute atomic E-state index is 0.00391. The SMILES string of the molecule is CNC(=O)[C@@H](CO)NC(=O)C1CN(C(=O)c2cnn(Cc3ccccc3)c2)CC12CN(C(=O)[C@H]1CC1(C)C)C2. The number of likely N-dealkylation sites (N-methyl/N-ethyl adjacent to an activating group) is 1. The van der Waals surface area contributed by atoms with E-state index in [1.807, 2.05) is 30.3 Å². The number of rotatable bonds is 8. The third-order valence-electron chi connectivity index (χ3n) is 8.52. The summed E-state index contributed by atoms with van der Waals surface area (Å²) in [5, 5.41) is 19.1. The zero-order valence-electron chi connectivity index (χ0n) is 22.6. The summed E-state index contributed by atoms with van der Waals surface area (Å²) in [6, 6.07) is 8.72. The molecule has 3 heterocycles. The third-order valence-corrected chi connectivity index (χ3v) is 8.52. The molecule has 1 saturated carbocycles. The number of hydrogen-bond donors (Lipinski definition) is 3. The minimum atomic E-state index is -1.09. The van der Waals surface area contributed by atoms with Crippen molar-refractivity contribution in [3.05, 3.63) is 53.9 Å². The second-order valence-corrected chi connectivity index (χ2v) is 11.8. The van der Waals surface area contributed by atoms with Crippen LogP contribution in [0.5, 0.6) is 0 Å². The maximum atomic E-state index is 13.5. The fourth-order valence-corrected chi connectivity index (χ4v) is 5.94. The molecule has 208 valence electrons. The molecule has 3 aliphatic rings. The Morgan fingerprint density at radius 2 is 1.74 bits per heavy atom. The van der Waals surface area contributed by atoms with Gasteiger partial charge in [0.1, 0.15) is 6.04 Å². The summed E-state index contributed by atoms with van der Waals surface area (Å²) in [6.45, 7) is 5.34. The molecule has 5 rings (SSSR count). The number of likely N-dealkylation sites (tertiary alicyclic amines) is 2. The lowest BCUT2D eigenvalue weighted by atomic mass is 9.70. The summed E-state index contributed by atoms with van der Waals surface area (Å²) in [6.07, 6.45) is 4.08. The molecule has 0 bridgehead atoms. The number of carbonyl (C=O) groups excluding carboxylic acids is 4. The lowest BCUT2D eigenvalue weighted by molar-refractivity contribution is -0.152. The Balaban J connectivity index is 1.31. The Morgan fingerprint density at radius 1 is 1.08 bits per heavy atom. The van der Waals surface area contributed by atoms with Gasteiger partial charge in [0.15, 0.2) is 0 Å². The summed E-state index contributed by atoms with van der Waals surface area (Å²) in [5.74, 6) is -1.69. The fraction of sp³-hybridized carbons (Fsp3) is 0.536. The average molecular weight is 537 g/mol. The van der Waals surface area contributed by atoms with Gasteiger partial charge in [0.2, 0.25) is 17.7 Å². The lowest BCUT2D eigenvalue weighted by Crippen LogP contribution is -2.65. The van der Waals surface area contributed by atoms with Gasteiger partial charge in [-0.15, -0.1) is 0 Å². The van der Waals surface area contributed by atoms with E-state index in [0.29, 0.717) is 31.7 Å². The average Bonchev–Trinajstić information content (AvgIpc) is 3.24. The molecular formula is C28H36N6O5. The molecule has 1 aromatic heterocycles. The van der Waals surface area contributed by atoms with Gasteiger partial charge in [0.25, 0.3) is 5.91 Å². The van der Waals surface area contributed by atoms with E-state index in [1.54, 1.807) is 20.7 Å². The highest BCUT2D eigenvalue weighted by atomic mass is 16.3. The maximum Gasteiger partial charge on any atom is 0.257 e. The predicted molar refractivity (Wildman–Crippen MR) is 141 cm³/mol. The van der Waals surface area contributed by atoms with Gasteiger partial charge in [-0.05, 0) is 17.4 Å². The Labute approximate surface area is 227 Å². The fourth-order valence-electron chi connectivity index (χ4n) is 5.94. The van der Waals surface area contributed by atoms with Gasteiger partial charge in [-0.25, -0.2) is 0 Å². The van der Waals surface area contributed by atoms with E-state index in [2.05, 4.69) is 29.6 Å². The van der Waals surface area contributed by atoms with E-state index in [1.165, 1.54) is 13.2 Å². The van der Waals surface area contributed by atoms with Crippen molar-refractivity contribution in [3.63, 3.8) is 0 Å². The maximum absolute atomic E-state index is 13.5. The molecule has 39 heavy (non-hydrogen) atoms. The molecule has 3 fully saturated rings. The number of benzene rings is 1. The van der Waals surface area contributed by atoms with E-state index >= 15 is 0 Å². The van der Waals surface area contributed by atoms with Gasteiger partial charge < -0.3 is 25.5 Å². The lowest BCUT2D eigenvalue weighted by Gasteiger charge is -2.50. The number of nitrogens with zero attached hydrogens (tertiary/aromatic N) is 4. The first-order valence-electron chi connectivity index (χ1n) is 13.3. The van der Waals surface area contributed by atoms with Gasteiger partial charge >= 0.3 is 0 Å². The summed E-state index contributed by atoms with van der Waals surface area (Å²) < 4.78 is 1.70. The van der Waals surface area contributed by atoms with Gasteiger partial charge in [-0.1, -0.05) is 44.2 Å². The van der Waals surface area contributed by atoms with E-state index in [-0.39, 0.29) is 29.7 Å². The monoisotopic (exact) mass is 536 g/mol. The van der Waals surface area contributed by atoms with E-state index in [0.717, 1.165) is 12.0 Å². The van der Waals surface area contributed by atoms with Gasteiger partial charge in [-0.3, -0.25) is 23.9 Å². The Morgan fingerprint density at radius 3 is 2.36 bits per heavy atom. The van der Waals surface area contributed by atoms with Crippen molar-refractivity contribution < 1.29 is 24.3 Å². The van der Waals surface area contributed by atoms with Gasteiger partial charge in [0.05, 0.1) is 30.8 Å². The van der Waals surface area contributed by atoms with Crippen LogP contribution in [0.4, 0.5) is 0 Å². The second kappa shape index (κ2) is 10.1. The number of amides is 4. The van der Waals surface area contributed by atoms with Crippen LogP contribution in [0.2, 0.25) is 0 Å². The first-order chi connectivity index (χ1) is 18.6. The zero-order valence-corrected chi connectivity index (χ0v) is 22.6. The molecule has 1 spiro atoms. The van der Waals surface area contributed by atoms with E-state index in [9.17, 15) is 24.3 Å². The van der Waals surface area contributed by atoms with Crippen LogP contribution in [-0.4, -0.2) is 94.2 Å². The van der Waals surface area contributed by atoms with Crippen molar-refractivity contribution in [2.75, 3.05) is 39.8 Å². The minimum Gasteiger partial charge on any atom is -0.394 e. The molecule has 11 nitrogen and oxygen atoms in total. The molecular weight excluding hydrogens is 500 g/mol. The van der Waals surface area contributed by atoms with Crippen molar-refractivity contribution in [2.45, 2.75) is 32.9 Å². The molecule has 4 amide bonds. The van der Waals surface area contributed by atoms with Crippen LogP contribution in [0.15, 0.2) is 42.7 Å². The van der Waals surface area contributed by atoms with Crippen LogP contribution in [0.1, 0.15) is 36.2 Å². The molecule has 11 heteroatoms. The molecule has 1 aromatic carbocycles. The zero-order chi connectivity index (χ0) is 27.9. The van der Waals surface area contributed by atoms with Crippen LogP contribution in [0.25, 0.3) is 0 Å². The highest BCUT2D eigenvalue weighted by molar-refractivity contribution is 5.95. The molecule has 1 aliphatic carbocycles. The number of aliphatic hydroxyl groups excluding tert-OH is 1. The Hall–Kier alpha value is -3.73. The normalized spacial score (nSPS) is 23.2. The standard InChI is InChI=1S/C28H36N6O5/c1-27(2)9-20(27)26(39)33-16-28(17-33)15-32(13-21(28)23(36)31-22(14-35)24(37)29-3)25(38)19-10-30-34(12-19)11-18-7-5-4-6-8-18/h4-8,10,12,20-22,35H,9,11,13-17H2,1-3H3,(H,29,37)(H,31,36)/t20-,21?,22-/m1/s1. The Bertz CT molecular complexity index is 1270. The van der Waals surface area contributed by atoms with Crippen molar-refractivity contribution in [1.82, 2.24) is 30.2 Å². The highest BCUT2D eigenvalue weighted by Gasteiger charge is 2.62. The number of aliphatic hydroxyl groups is 1. The number of nitrogens with one attached hydrogen (secondary N) is 2. The summed E-state index contributed by atoms with van der Waals surface area (Å²) in [7, 11) is 1.43. The van der Waals surface area contributed by atoms with Gasteiger partial charge in [-0.2, -0.15) is 5.10 Å². The highest BCUT2D eigenvalue weighted by Crippen LogP contribution is 2.54. The van der Waals surface area contributed by atoms with Crippen LogP contribution in [0.3, 0.4) is 0 Å². The first kappa shape index (κ1) is 26.9. The van der Waals surface area contributed by atoms with Crippen molar-refractivity contribution in [2.24, 2.45) is 22.7 Å². The van der Waals surface area contributed by atoms with Crippen LogP contribution < -0.4 is 10.6 Å². The summed E-state index contributed by atoms with van der Waals surface area (Å²) in [4.78, 5) is 55.5. The van der Waals surface area contributed by atoms with Crippen molar-refractivity contribution >= 4 is 23.6 Å².